The lowest BCUT2D eigenvalue weighted by Crippen LogP contribution is -2.35. The molecule has 0 radical (unpaired) electrons. The van der Waals surface area contributed by atoms with Gasteiger partial charge in [0.1, 0.15) is 5.84 Å². The van der Waals surface area contributed by atoms with Crippen molar-refractivity contribution in [2.45, 2.75) is 27.7 Å². The molecule has 0 aromatic carbocycles. The van der Waals surface area contributed by atoms with E-state index in [4.69, 9.17) is 0 Å². The van der Waals surface area contributed by atoms with Crippen molar-refractivity contribution in [3.63, 3.8) is 0 Å². The molecule has 1 unspecified atom stereocenters. The number of hydrogen-bond acceptors (Lipinski definition) is 2. The van der Waals surface area contributed by atoms with Gasteiger partial charge in [-0.2, -0.15) is 0 Å². The Morgan fingerprint density at radius 3 is 2.57 bits per heavy atom. The van der Waals surface area contributed by atoms with E-state index in [1.54, 1.807) is 0 Å². The average molecular weight is 192 g/mol. The highest BCUT2D eigenvalue weighted by Crippen LogP contribution is 2.17. The van der Waals surface area contributed by atoms with Crippen molar-refractivity contribution in [2.75, 3.05) is 13.1 Å². The van der Waals surface area contributed by atoms with Crippen molar-refractivity contribution in [3.8, 4) is 0 Å². The molecule has 0 aromatic rings. The van der Waals surface area contributed by atoms with Crippen molar-refractivity contribution in [2.24, 2.45) is 10.9 Å². The van der Waals surface area contributed by atoms with Gasteiger partial charge in [0.2, 0.25) is 0 Å². The topological polar surface area (TPSA) is 15.6 Å². The Labute approximate surface area is 87.0 Å². The third-order valence-corrected chi connectivity index (χ3v) is 2.81. The van der Waals surface area contributed by atoms with E-state index < -0.39 is 0 Å². The molecule has 0 fully saturated rings. The summed E-state index contributed by atoms with van der Waals surface area (Å²) in [6.45, 7) is 10.8. The zero-order valence-corrected chi connectivity index (χ0v) is 9.62. The van der Waals surface area contributed by atoms with E-state index in [0.29, 0.717) is 5.92 Å². The van der Waals surface area contributed by atoms with Gasteiger partial charge in [-0.15, -0.1) is 0 Å². The predicted molar refractivity (Wildman–Crippen MR) is 62.4 cm³/mol. The molecular formula is C12H20N2. The molecule has 0 saturated carbocycles. The first-order valence-electron chi connectivity index (χ1n) is 5.36. The Hall–Kier alpha value is -1.05. The van der Waals surface area contributed by atoms with Crippen LogP contribution in [0, 0.1) is 5.92 Å². The fourth-order valence-electron chi connectivity index (χ4n) is 1.68. The van der Waals surface area contributed by atoms with Crippen LogP contribution in [0.15, 0.2) is 28.9 Å². The Kier molecular flexibility index (Phi) is 3.93. The van der Waals surface area contributed by atoms with Gasteiger partial charge in [0.05, 0.1) is 0 Å². The number of nitrogens with zero attached hydrogens (tertiary/aromatic N) is 2. The van der Waals surface area contributed by atoms with Crippen LogP contribution < -0.4 is 0 Å². The Balaban J connectivity index is 2.91. The second-order valence-corrected chi connectivity index (χ2v) is 3.63. The molecule has 1 heterocycles. The van der Waals surface area contributed by atoms with E-state index in [1.165, 1.54) is 11.4 Å². The van der Waals surface area contributed by atoms with E-state index in [2.05, 4.69) is 43.7 Å². The molecule has 0 bridgehead atoms. The number of allylic oxidation sites excluding steroid dienone is 2. The van der Waals surface area contributed by atoms with Crippen LogP contribution in [0.25, 0.3) is 0 Å². The third-order valence-electron chi connectivity index (χ3n) is 2.81. The molecule has 1 atom stereocenters. The smallest absolute Gasteiger partial charge is 0.111 e. The van der Waals surface area contributed by atoms with E-state index in [1.807, 2.05) is 12.3 Å². The molecule has 0 spiro atoms. The molecule has 0 aliphatic carbocycles. The largest absolute Gasteiger partial charge is 0.360 e. The van der Waals surface area contributed by atoms with Crippen LogP contribution in [0.3, 0.4) is 0 Å². The minimum atomic E-state index is 0.435. The lowest BCUT2D eigenvalue weighted by Gasteiger charge is -2.27. The van der Waals surface area contributed by atoms with Gasteiger partial charge in [-0.1, -0.05) is 18.6 Å². The highest BCUT2D eigenvalue weighted by Gasteiger charge is 2.17. The van der Waals surface area contributed by atoms with Crippen molar-refractivity contribution in [3.05, 3.63) is 23.9 Å². The maximum Gasteiger partial charge on any atom is 0.111 e. The monoisotopic (exact) mass is 192 g/mol. The maximum absolute atomic E-state index is 4.51. The van der Waals surface area contributed by atoms with Gasteiger partial charge < -0.3 is 4.90 Å². The van der Waals surface area contributed by atoms with Crippen LogP contribution in [0.1, 0.15) is 27.7 Å². The second kappa shape index (κ2) is 4.99. The second-order valence-electron chi connectivity index (χ2n) is 3.63. The minimum absolute atomic E-state index is 0.435. The quantitative estimate of drug-likeness (QED) is 0.657. The summed E-state index contributed by atoms with van der Waals surface area (Å²) in [7, 11) is 0. The van der Waals surface area contributed by atoms with Crippen molar-refractivity contribution in [1.82, 2.24) is 4.90 Å². The zero-order valence-electron chi connectivity index (χ0n) is 9.62. The first kappa shape index (κ1) is 11.0. The Bertz CT molecular complexity index is 270. The SMILES string of the molecule is CCN(CC)C1=NC=CC=C(C)C1C. The maximum atomic E-state index is 4.51. The third kappa shape index (κ3) is 2.25. The molecule has 14 heavy (non-hydrogen) atoms. The lowest BCUT2D eigenvalue weighted by molar-refractivity contribution is 0.445. The van der Waals surface area contributed by atoms with Crippen LogP contribution in [0.4, 0.5) is 0 Å². The van der Waals surface area contributed by atoms with Gasteiger partial charge in [-0.25, -0.2) is 4.99 Å². The number of hydrogen-bond donors (Lipinski definition) is 0. The molecule has 0 saturated heterocycles. The molecule has 0 aromatic heterocycles. The summed E-state index contributed by atoms with van der Waals surface area (Å²) in [6, 6.07) is 0. The van der Waals surface area contributed by atoms with Gasteiger partial charge in [0.25, 0.3) is 0 Å². The van der Waals surface area contributed by atoms with Gasteiger partial charge in [-0.05, 0) is 26.8 Å². The number of amidine groups is 1. The summed E-state index contributed by atoms with van der Waals surface area (Å²) in [5.41, 5.74) is 1.38. The van der Waals surface area contributed by atoms with Gasteiger partial charge in [0.15, 0.2) is 0 Å². The molecule has 0 N–H and O–H groups in total. The molecular weight excluding hydrogens is 172 g/mol. The Morgan fingerprint density at radius 2 is 2.00 bits per heavy atom. The summed E-state index contributed by atoms with van der Waals surface area (Å²) < 4.78 is 0. The number of rotatable bonds is 2. The van der Waals surface area contributed by atoms with Crippen molar-refractivity contribution < 1.29 is 0 Å². The molecule has 78 valence electrons. The van der Waals surface area contributed by atoms with Crippen LogP contribution in [-0.4, -0.2) is 23.8 Å². The fraction of sp³-hybridized carbons (Fsp3) is 0.583. The zero-order chi connectivity index (χ0) is 10.6. The van der Waals surface area contributed by atoms with Crippen LogP contribution in [-0.2, 0) is 0 Å². The van der Waals surface area contributed by atoms with Crippen LogP contribution in [0.5, 0.6) is 0 Å². The summed E-state index contributed by atoms with van der Waals surface area (Å²) in [4.78, 5) is 6.82. The summed E-state index contributed by atoms with van der Waals surface area (Å²) >= 11 is 0. The lowest BCUT2D eigenvalue weighted by atomic mass is 10.0. The number of aliphatic imine (C=N–C) groups is 1. The first-order valence-corrected chi connectivity index (χ1v) is 5.36. The van der Waals surface area contributed by atoms with E-state index in [-0.39, 0.29) is 0 Å². The molecule has 2 heteroatoms. The predicted octanol–water partition coefficient (Wildman–Crippen LogP) is 2.84. The molecule has 1 aliphatic heterocycles. The van der Waals surface area contributed by atoms with Gasteiger partial charge >= 0.3 is 0 Å². The highest BCUT2D eigenvalue weighted by molar-refractivity contribution is 5.87. The van der Waals surface area contributed by atoms with Gasteiger partial charge in [-0.3, -0.25) is 0 Å². The normalized spacial score (nSPS) is 21.3. The van der Waals surface area contributed by atoms with Crippen LogP contribution in [0.2, 0.25) is 0 Å². The van der Waals surface area contributed by atoms with Gasteiger partial charge in [0, 0.05) is 25.2 Å². The summed E-state index contributed by atoms with van der Waals surface area (Å²) in [6.07, 6.45) is 6.05. The van der Waals surface area contributed by atoms with E-state index >= 15 is 0 Å². The van der Waals surface area contributed by atoms with E-state index in [9.17, 15) is 0 Å². The standard InChI is InChI=1S/C12H20N2/c1-5-14(6-2)12-11(4)10(3)8-7-9-13-12/h7-9,11H,5-6H2,1-4H3. The average Bonchev–Trinajstić information content (AvgIpc) is 2.35. The fourth-order valence-corrected chi connectivity index (χ4v) is 1.68. The Morgan fingerprint density at radius 1 is 1.36 bits per heavy atom. The summed E-state index contributed by atoms with van der Waals surface area (Å²) in [5.74, 6) is 1.63. The molecule has 1 aliphatic rings. The minimum Gasteiger partial charge on any atom is -0.360 e. The first-order chi connectivity index (χ1) is 6.70. The van der Waals surface area contributed by atoms with E-state index in [0.717, 1.165) is 13.1 Å². The molecule has 2 nitrogen and oxygen atoms in total. The summed E-state index contributed by atoms with van der Waals surface area (Å²) in [5, 5.41) is 0. The molecule has 1 rings (SSSR count). The van der Waals surface area contributed by atoms with Crippen molar-refractivity contribution in [1.29, 1.82) is 0 Å². The molecule has 0 amide bonds. The van der Waals surface area contributed by atoms with Crippen LogP contribution >= 0.6 is 0 Å². The highest BCUT2D eigenvalue weighted by atomic mass is 15.2. The van der Waals surface area contributed by atoms with Crippen molar-refractivity contribution >= 4 is 5.84 Å².